The maximum Gasteiger partial charge on any atom is 0.226 e. The van der Waals surface area contributed by atoms with Crippen LogP contribution in [0.4, 0.5) is 0 Å². The van der Waals surface area contributed by atoms with Gasteiger partial charge in [-0.3, -0.25) is 9.59 Å². The molecule has 5 nitrogen and oxygen atoms in total. The number of benzene rings is 1. The summed E-state index contributed by atoms with van der Waals surface area (Å²) >= 11 is 0. The molecule has 28 heavy (non-hydrogen) atoms. The summed E-state index contributed by atoms with van der Waals surface area (Å²) in [5.41, 5.74) is 0.240. The number of rotatable bonds is 3. The van der Waals surface area contributed by atoms with Crippen LogP contribution in [-0.4, -0.2) is 59.8 Å². The van der Waals surface area contributed by atoms with Gasteiger partial charge < -0.3 is 14.5 Å². The Morgan fingerprint density at radius 2 is 2.00 bits per heavy atom. The summed E-state index contributed by atoms with van der Waals surface area (Å²) in [4.78, 5) is 30.7. The topological polar surface area (TPSA) is 49.9 Å². The Morgan fingerprint density at radius 3 is 2.75 bits per heavy atom. The van der Waals surface area contributed by atoms with Crippen LogP contribution in [0.3, 0.4) is 0 Å². The predicted molar refractivity (Wildman–Crippen MR) is 106 cm³/mol. The smallest absolute Gasteiger partial charge is 0.226 e. The van der Waals surface area contributed by atoms with Gasteiger partial charge in [-0.25, -0.2) is 0 Å². The van der Waals surface area contributed by atoms with Gasteiger partial charge in [0.05, 0.1) is 12.0 Å². The molecule has 0 unspecified atom stereocenters. The standard InChI is InChI=1S/C23H30N2O3/c1-3-25(15-9-12-24(2)13-10-15)22(27)20-17-8-11-23(21(17)20)14-18(26)16-6-4-5-7-19(16)28-23/h4-7,15,17,20-21H,3,8-14H2,1-2H3/t17-,20+,21+,23-/m1/s1. The van der Waals surface area contributed by atoms with Gasteiger partial charge in [-0.1, -0.05) is 12.1 Å². The van der Waals surface area contributed by atoms with Gasteiger partial charge in [-0.15, -0.1) is 0 Å². The Kier molecular flexibility index (Phi) is 4.27. The summed E-state index contributed by atoms with van der Waals surface area (Å²) in [5, 5.41) is 0. The Bertz CT molecular complexity index is 801. The van der Waals surface area contributed by atoms with E-state index in [1.807, 2.05) is 24.3 Å². The summed E-state index contributed by atoms with van der Waals surface area (Å²) < 4.78 is 6.46. The molecule has 1 amide bonds. The lowest BCUT2D eigenvalue weighted by atomic mass is 9.84. The third-order valence-corrected chi connectivity index (χ3v) is 7.68. The van der Waals surface area contributed by atoms with Crippen molar-refractivity contribution in [1.82, 2.24) is 9.80 Å². The van der Waals surface area contributed by atoms with E-state index in [-0.39, 0.29) is 17.6 Å². The molecule has 1 saturated heterocycles. The lowest BCUT2D eigenvalue weighted by Gasteiger charge is -2.39. The van der Waals surface area contributed by atoms with Crippen LogP contribution in [0.15, 0.2) is 24.3 Å². The molecule has 2 aliphatic heterocycles. The first kappa shape index (κ1) is 18.2. The molecule has 150 valence electrons. The number of para-hydroxylation sites is 1. The van der Waals surface area contributed by atoms with Crippen LogP contribution in [0.25, 0.3) is 0 Å². The normalized spacial score (nSPS) is 34.6. The number of ketones is 1. The minimum absolute atomic E-state index is 0.0476. The van der Waals surface area contributed by atoms with Crippen molar-refractivity contribution in [2.24, 2.45) is 17.8 Å². The van der Waals surface area contributed by atoms with Crippen molar-refractivity contribution in [3.63, 3.8) is 0 Å². The number of ether oxygens (including phenoxy) is 1. The highest BCUT2D eigenvalue weighted by Crippen LogP contribution is 2.66. The molecule has 1 aromatic carbocycles. The van der Waals surface area contributed by atoms with Crippen LogP contribution in [-0.2, 0) is 4.79 Å². The molecule has 1 spiro atoms. The minimum Gasteiger partial charge on any atom is -0.486 e. The van der Waals surface area contributed by atoms with E-state index in [1.54, 1.807) is 0 Å². The fraction of sp³-hybridized carbons (Fsp3) is 0.652. The van der Waals surface area contributed by atoms with Gasteiger partial charge >= 0.3 is 0 Å². The second kappa shape index (κ2) is 6.58. The van der Waals surface area contributed by atoms with E-state index < -0.39 is 5.60 Å². The van der Waals surface area contributed by atoms with E-state index in [1.165, 1.54) is 0 Å². The zero-order valence-corrected chi connectivity index (χ0v) is 16.9. The number of Topliss-reactive ketones (excluding diaryl/α,β-unsaturated/α-hetero) is 1. The summed E-state index contributed by atoms with van der Waals surface area (Å²) in [6.45, 7) is 4.99. The van der Waals surface area contributed by atoms with Crippen molar-refractivity contribution in [3.05, 3.63) is 29.8 Å². The van der Waals surface area contributed by atoms with Crippen molar-refractivity contribution in [2.45, 2.75) is 50.7 Å². The number of nitrogens with zero attached hydrogens (tertiary/aromatic N) is 2. The lowest BCUT2D eigenvalue weighted by Crippen LogP contribution is -2.49. The molecule has 2 heterocycles. The van der Waals surface area contributed by atoms with Gasteiger partial charge in [0.15, 0.2) is 5.78 Å². The number of carbonyl (C=O) groups is 2. The molecular formula is C23H30N2O3. The van der Waals surface area contributed by atoms with Crippen LogP contribution < -0.4 is 4.74 Å². The highest BCUT2D eigenvalue weighted by molar-refractivity contribution is 6.00. The number of carbonyl (C=O) groups excluding carboxylic acids is 2. The predicted octanol–water partition coefficient (Wildman–Crippen LogP) is 2.99. The van der Waals surface area contributed by atoms with Crippen molar-refractivity contribution in [3.8, 4) is 5.75 Å². The van der Waals surface area contributed by atoms with Crippen LogP contribution in [0.5, 0.6) is 5.75 Å². The van der Waals surface area contributed by atoms with Gasteiger partial charge in [-0.05, 0) is 70.8 Å². The van der Waals surface area contributed by atoms with Crippen molar-refractivity contribution in [1.29, 1.82) is 0 Å². The average molecular weight is 383 g/mol. The molecule has 5 heteroatoms. The zero-order valence-electron chi connectivity index (χ0n) is 16.9. The number of hydrogen-bond donors (Lipinski definition) is 0. The average Bonchev–Trinajstić information content (AvgIpc) is 3.34. The molecular weight excluding hydrogens is 352 g/mol. The number of amides is 1. The van der Waals surface area contributed by atoms with Crippen molar-refractivity contribution in [2.75, 3.05) is 26.7 Å². The van der Waals surface area contributed by atoms with Crippen molar-refractivity contribution >= 4 is 11.7 Å². The molecule has 4 atom stereocenters. The molecule has 2 saturated carbocycles. The minimum atomic E-state index is -0.456. The quantitative estimate of drug-likeness (QED) is 0.806. The van der Waals surface area contributed by atoms with Gasteiger partial charge in [0.2, 0.25) is 5.91 Å². The van der Waals surface area contributed by atoms with E-state index in [9.17, 15) is 9.59 Å². The number of piperidine rings is 1. The maximum atomic E-state index is 13.5. The molecule has 3 fully saturated rings. The first-order chi connectivity index (χ1) is 13.5. The van der Waals surface area contributed by atoms with E-state index in [4.69, 9.17) is 4.74 Å². The first-order valence-electron chi connectivity index (χ1n) is 10.8. The molecule has 5 rings (SSSR count). The largest absolute Gasteiger partial charge is 0.486 e. The molecule has 0 radical (unpaired) electrons. The van der Waals surface area contributed by atoms with E-state index in [0.717, 1.165) is 45.3 Å². The van der Waals surface area contributed by atoms with Crippen LogP contribution >= 0.6 is 0 Å². The molecule has 0 aromatic heterocycles. The number of likely N-dealkylation sites (tertiary alicyclic amines) is 1. The number of hydrogen-bond acceptors (Lipinski definition) is 4. The molecule has 4 aliphatic rings. The highest BCUT2D eigenvalue weighted by Gasteiger charge is 2.71. The second-order valence-corrected chi connectivity index (χ2v) is 9.18. The van der Waals surface area contributed by atoms with Gasteiger partial charge in [0, 0.05) is 24.4 Å². The van der Waals surface area contributed by atoms with Crippen LogP contribution in [0.1, 0.15) is 49.4 Å². The van der Waals surface area contributed by atoms with Gasteiger partial charge in [-0.2, -0.15) is 0 Å². The fourth-order valence-corrected chi connectivity index (χ4v) is 6.19. The van der Waals surface area contributed by atoms with E-state index >= 15 is 0 Å². The Labute approximate surface area is 167 Å². The zero-order chi connectivity index (χ0) is 19.5. The Morgan fingerprint density at radius 1 is 1.25 bits per heavy atom. The Hall–Kier alpha value is -1.88. The van der Waals surface area contributed by atoms with E-state index in [0.29, 0.717) is 35.6 Å². The fourth-order valence-electron chi connectivity index (χ4n) is 6.19. The van der Waals surface area contributed by atoms with Gasteiger partial charge in [0.25, 0.3) is 0 Å². The summed E-state index contributed by atoms with van der Waals surface area (Å²) in [7, 11) is 2.15. The number of fused-ring (bicyclic) bond motifs is 3. The highest BCUT2D eigenvalue weighted by atomic mass is 16.5. The molecule has 0 bridgehead atoms. The van der Waals surface area contributed by atoms with Crippen LogP contribution in [0, 0.1) is 17.8 Å². The van der Waals surface area contributed by atoms with Gasteiger partial charge in [0.1, 0.15) is 11.4 Å². The van der Waals surface area contributed by atoms with E-state index in [2.05, 4.69) is 23.8 Å². The summed E-state index contributed by atoms with van der Waals surface area (Å²) in [5.74, 6) is 1.83. The van der Waals surface area contributed by atoms with Crippen LogP contribution in [0.2, 0.25) is 0 Å². The van der Waals surface area contributed by atoms with Crippen molar-refractivity contribution < 1.29 is 14.3 Å². The molecule has 2 aliphatic carbocycles. The third-order valence-electron chi connectivity index (χ3n) is 7.68. The summed E-state index contributed by atoms with van der Waals surface area (Å²) in [6.07, 6.45) is 4.45. The Balaban J connectivity index is 1.34. The molecule has 0 N–H and O–H groups in total. The summed E-state index contributed by atoms with van der Waals surface area (Å²) in [6, 6.07) is 7.93. The lowest BCUT2D eigenvalue weighted by molar-refractivity contribution is -0.137. The second-order valence-electron chi connectivity index (χ2n) is 9.18. The SMILES string of the molecule is CCN(C(=O)[C@H]1[C@H]2CC[C@@]3(CC(=O)c4ccccc4O3)[C@@H]21)C1CCN(C)CC1. The first-order valence-corrected chi connectivity index (χ1v) is 10.8. The third kappa shape index (κ3) is 2.70. The maximum absolute atomic E-state index is 13.5. The molecule has 1 aromatic rings. The monoisotopic (exact) mass is 382 g/mol.